The molecular formula is C15H28N2O. The molecule has 0 saturated heterocycles. The van der Waals surface area contributed by atoms with E-state index in [2.05, 4.69) is 5.32 Å². The summed E-state index contributed by atoms with van der Waals surface area (Å²) in [6, 6.07) is 0. The fourth-order valence-electron chi connectivity index (χ4n) is 3.63. The first kappa shape index (κ1) is 13.9. The van der Waals surface area contributed by atoms with E-state index in [0.717, 1.165) is 44.6 Å². The van der Waals surface area contributed by atoms with E-state index in [1.807, 2.05) is 0 Å². The Hall–Kier alpha value is -0.570. The quantitative estimate of drug-likeness (QED) is 0.790. The Morgan fingerprint density at radius 3 is 2.39 bits per heavy atom. The molecule has 0 spiro atoms. The molecule has 0 atom stereocenters. The van der Waals surface area contributed by atoms with Crippen LogP contribution >= 0.6 is 0 Å². The molecule has 2 aliphatic rings. The normalized spacial score (nSPS) is 24.1. The summed E-state index contributed by atoms with van der Waals surface area (Å²) in [6.07, 6.45) is 12.3. The second kappa shape index (κ2) is 6.55. The summed E-state index contributed by atoms with van der Waals surface area (Å²) < 4.78 is 0. The van der Waals surface area contributed by atoms with Gasteiger partial charge in [0.2, 0.25) is 5.91 Å². The number of nitrogens with one attached hydrogen (secondary N) is 1. The largest absolute Gasteiger partial charge is 0.356 e. The lowest BCUT2D eigenvalue weighted by atomic mass is 9.84. The maximum absolute atomic E-state index is 12.2. The number of rotatable bonds is 5. The molecular weight excluding hydrogens is 224 g/mol. The standard InChI is InChI=1S/C15H28N2O/c16-12-15(9-4-5-10-15)14(18)17-11-8-13-6-2-1-3-7-13/h13H,1-12,16H2,(H,17,18). The van der Waals surface area contributed by atoms with E-state index >= 15 is 0 Å². The van der Waals surface area contributed by atoms with Gasteiger partial charge in [-0.1, -0.05) is 44.9 Å². The van der Waals surface area contributed by atoms with E-state index in [0.29, 0.717) is 6.54 Å². The van der Waals surface area contributed by atoms with Gasteiger partial charge in [-0.3, -0.25) is 4.79 Å². The summed E-state index contributed by atoms with van der Waals surface area (Å²) in [5.41, 5.74) is 5.59. The number of hydrogen-bond acceptors (Lipinski definition) is 2. The first-order valence-corrected chi connectivity index (χ1v) is 7.75. The molecule has 0 aromatic rings. The molecule has 1 amide bonds. The lowest BCUT2D eigenvalue weighted by molar-refractivity contribution is -0.130. The van der Waals surface area contributed by atoms with E-state index < -0.39 is 0 Å². The van der Waals surface area contributed by atoms with Gasteiger partial charge in [-0.05, 0) is 25.2 Å². The molecule has 2 saturated carbocycles. The molecule has 18 heavy (non-hydrogen) atoms. The van der Waals surface area contributed by atoms with Crippen molar-refractivity contribution in [3.05, 3.63) is 0 Å². The Balaban J connectivity index is 1.70. The van der Waals surface area contributed by atoms with Crippen LogP contribution in [0.5, 0.6) is 0 Å². The zero-order valence-electron chi connectivity index (χ0n) is 11.5. The summed E-state index contributed by atoms with van der Waals surface area (Å²) >= 11 is 0. The monoisotopic (exact) mass is 252 g/mol. The topological polar surface area (TPSA) is 55.1 Å². The second-order valence-electron chi connectivity index (χ2n) is 6.24. The number of carbonyl (C=O) groups excluding carboxylic acids is 1. The van der Waals surface area contributed by atoms with Crippen LogP contribution in [0.1, 0.15) is 64.2 Å². The molecule has 3 N–H and O–H groups in total. The molecule has 3 nitrogen and oxygen atoms in total. The fraction of sp³-hybridized carbons (Fsp3) is 0.933. The van der Waals surface area contributed by atoms with Crippen molar-refractivity contribution in [2.24, 2.45) is 17.1 Å². The van der Waals surface area contributed by atoms with Crippen LogP contribution in [0, 0.1) is 11.3 Å². The predicted molar refractivity (Wildman–Crippen MR) is 74.2 cm³/mol. The summed E-state index contributed by atoms with van der Waals surface area (Å²) in [5.74, 6) is 1.06. The zero-order chi connectivity index (χ0) is 12.8. The Morgan fingerprint density at radius 2 is 1.78 bits per heavy atom. The first-order chi connectivity index (χ1) is 8.77. The molecule has 0 radical (unpaired) electrons. The van der Waals surface area contributed by atoms with Crippen LogP contribution in [0.25, 0.3) is 0 Å². The van der Waals surface area contributed by atoms with Crippen LogP contribution in [0.2, 0.25) is 0 Å². The van der Waals surface area contributed by atoms with Gasteiger partial charge in [-0.2, -0.15) is 0 Å². The number of nitrogens with two attached hydrogens (primary N) is 1. The SMILES string of the molecule is NCC1(C(=O)NCCC2CCCCC2)CCCC1. The highest BCUT2D eigenvalue weighted by Gasteiger charge is 2.39. The summed E-state index contributed by atoms with van der Waals surface area (Å²) in [4.78, 5) is 12.2. The zero-order valence-corrected chi connectivity index (χ0v) is 11.5. The van der Waals surface area contributed by atoms with Crippen LogP contribution in [0.3, 0.4) is 0 Å². The van der Waals surface area contributed by atoms with Crippen molar-refractivity contribution >= 4 is 5.91 Å². The van der Waals surface area contributed by atoms with Crippen LogP contribution in [-0.4, -0.2) is 19.0 Å². The molecule has 0 heterocycles. The van der Waals surface area contributed by atoms with Crippen molar-refractivity contribution in [3.63, 3.8) is 0 Å². The minimum absolute atomic E-state index is 0.221. The highest BCUT2D eigenvalue weighted by Crippen LogP contribution is 2.37. The van der Waals surface area contributed by atoms with Crippen LogP contribution in [0.4, 0.5) is 0 Å². The molecule has 2 rings (SSSR count). The number of amides is 1. The smallest absolute Gasteiger partial charge is 0.227 e. The summed E-state index contributed by atoms with van der Waals surface area (Å²) in [6.45, 7) is 1.37. The van der Waals surface area contributed by atoms with Crippen LogP contribution in [-0.2, 0) is 4.79 Å². The van der Waals surface area contributed by atoms with Gasteiger partial charge in [0.05, 0.1) is 5.41 Å². The van der Waals surface area contributed by atoms with Gasteiger partial charge in [0, 0.05) is 13.1 Å². The Morgan fingerprint density at radius 1 is 1.11 bits per heavy atom. The van der Waals surface area contributed by atoms with Crippen molar-refractivity contribution < 1.29 is 4.79 Å². The minimum atomic E-state index is -0.230. The molecule has 104 valence electrons. The average Bonchev–Trinajstić information content (AvgIpc) is 2.90. The highest BCUT2D eigenvalue weighted by molar-refractivity contribution is 5.83. The molecule has 0 aromatic carbocycles. The molecule has 3 heteroatoms. The van der Waals surface area contributed by atoms with E-state index in [1.165, 1.54) is 32.1 Å². The third-order valence-corrected chi connectivity index (χ3v) is 5.00. The van der Waals surface area contributed by atoms with Crippen molar-refractivity contribution in [2.45, 2.75) is 64.2 Å². The minimum Gasteiger partial charge on any atom is -0.356 e. The Labute approximate surface area is 111 Å². The van der Waals surface area contributed by atoms with Gasteiger partial charge in [0.1, 0.15) is 0 Å². The molecule has 2 fully saturated rings. The second-order valence-corrected chi connectivity index (χ2v) is 6.24. The summed E-state index contributed by atoms with van der Waals surface area (Å²) in [7, 11) is 0. The maximum atomic E-state index is 12.2. The molecule has 0 aromatic heterocycles. The summed E-state index contributed by atoms with van der Waals surface area (Å²) in [5, 5.41) is 3.14. The van der Waals surface area contributed by atoms with Crippen LogP contribution < -0.4 is 11.1 Å². The first-order valence-electron chi connectivity index (χ1n) is 7.75. The lowest BCUT2D eigenvalue weighted by Crippen LogP contribution is -2.44. The van der Waals surface area contributed by atoms with E-state index in [4.69, 9.17) is 5.73 Å². The molecule has 0 aliphatic heterocycles. The molecule has 0 unspecified atom stereocenters. The Bertz CT molecular complexity index is 266. The third kappa shape index (κ3) is 3.25. The van der Waals surface area contributed by atoms with Crippen molar-refractivity contribution in [1.82, 2.24) is 5.32 Å². The highest BCUT2D eigenvalue weighted by atomic mass is 16.2. The van der Waals surface area contributed by atoms with Crippen molar-refractivity contribution in [1.29, 1.82) is 0 Å². The van der Waals surface area contributed by atoms with Crippen molar-refractivity contribution in [3.8, 4) is 0 Å². The van der Waals surface area contributed by atoms with E-state index in [1.54, 1.807) is 0 Å². The number of hydrogen-bond donors (Lipinski definition) is 2. The lowest BCUT2D eigenvalue weighted by Gasteiger charge is -2.27. The van der Waals surface area contributed by atoms with E-state index in [-0.39, 0.29) is 11.3 Å². The van der Waals surface area contributed by atoms with Gasteiger partial charge >= 0.3 is 0 Å². The van der Waals surface area contributed by atoms with Gasteiger partial charge in [-0.15, -0.1) is 0 Å². The van der Waals surface area contributed by atoms with Gasteiger partial charge < -0.3 is 11.1 Å². The fourth-order valence-corrected chi connectivity index (χ4v) is 3.63. The Kier molecular flexibility index (Phi) is 5.04. The van der Waals surface area contributed by atoms with E-state index in [9.17, 15) is 4.79 Å². The van der Waals surface area contributed by atoms with Gasteiger partial charge in [-0.25, -0.2) is 0 Å². The van der Waals surface area contributed by atoms with Gasteiger partial charge in [0.25, 0.3) is 0 Å². The molecule has 2 aliphatic carbocycles. The maximum Gasteiger partial charge on any atom is 0.227 e. The van der Waals surface area contributed by atoms with Gasteiger partial charge in [0.15, 0.2) is 0 Å². The average molecular weight is 252 g/mol. The number of carbonyl (C=O) groups is 1. The third-order valence-electron chi connectivity index (χ3n) is 5.00. The van der Waals surface area contributed by atoms with Crippen LogP contribution in [0.15, 0.2) is 0 Å². The van der Waals surface area contributed by atoms with Crippen molar-refractivity contribution in [2.75, 3.05) is 13.1 Å². The predicted octanol–water partition coefficient (Wildman–Crippen LogP) is 2.59. The molecule has 0 bridgehead atoms.